The molecule has 0 spiro atoms. The Bertz CT molecular complexity index is 928. The van der Waals surface area contributed by atoms with Gasteiger partial charge in [0.2, 0.25) is 0 Å². The molecule has 0 unspecified atom stereocenters. The van der Waals surface area contributed by atoms with E-state index in [2.05, 4.69) is 10.1 Å². The summed E-state index contributed by atoms with van der Waals surface area (Å²) >= 11 is 0. The number of halogens is 1. The van der Waals surface area contributed by atoms with Gasteiger partial charge in [-0.1, -0.05) is 0 Å². The van der Waals surface area contributed by atoms with Gasteiger partial charge in [-0.2, -0.15) is 0 Å². The Kier molecular flexibility index (Phi) is 6.38. The Labute approximate surface area is 158 Å². The number of methoxy groups -OCH3 is 1. The Balaban J connectivity index is 2.15. The van der Waals surface area contributed by atoms with Gasteiger partial charge in [-0.3, -0.25) is 14.9 Å². The third-order valence-electron chi connectivity index (χ3n) is 3.55. The Morgan fingerprint density at radius 3 is 2.18 bits per heavy atom. The molecule has 0 aliphatic carbocycles. The van der Waals surface area contributed by atoms with Crippen LogP contribution in [-0.2, 0) is 14.3 Å². The number of ether oxygens (including phenoxy) is 2. The van der Waals surface area contributed by atoms with Crippen LogP contribution < -0.4 is 5.32 Å². The second kappa shape index (κ2) is 8.71. The fourth-order valence-electron chi connectivity index (χ4n) is 2.13. The molecule has 0 aliphatic heterocycles. The van der Waals surface area contributed by atoms with E-state index in [0.717, 1.165) is 37.4 Å². The number of rotatable bonds is 6. The van der Waals surface area contributed by atoms with Crippen molar-refractivity contribution in [2.75, 3.05) is 12.4 Å². The van der Waals surface area contributed by atoms with E-state index in [1.165, 1.54) is 19.1 Å². The monoisotopic (exact) mass is 390 g/mol. The number of carbonyl (C=O) groups excluding carboxylic acids is 3. The predicted octanol–water partition coefficient (Wildman–Crippen LogP) is 2.70. The molecule has 0 radical (unpaired) electrons. The summed E-state index contributed by atoms with van der Waals surface area (Å²) < 4.78 is 22.4. The molecule has 1 amide bonds. The van der Waals surface area contributed by atoms with Crippen LogP contribution >= 0.6 is 0 Å². The lowest BCUT2D eigenvalue weighted by Gasteiger charge is -2.14. The first kappa shape index (κ1) is 20.5. The van der Waals surface area contributed by atoms with Crippen molar-refractivity contribution < 1.29 is 33.2 Å². The highest BCUT2D eigenvalue weighted by Crippen LogP contribution is 2.19. The zero-order valence-corrected chi connectivity index (χ0v) is 14.8. The number of nitrogens with zero attached hydrogens (tertiary/aromatic N) is 1. The minimum Gasteiger partial charge on any atom is -0.465 e. The number of nitro benzene ring substituents is 1. The molecular weight excluding hydrogens is 375 g/mol. The Morgan fingerprint density at radius 1 is 1.07 bits per heavy atom. The van der Waals surface area contributed by atoms with E-state index in [0.29, 0.717) is 0 Å². The number of carbonyl (C=O) groups is 3. The standard InChI is InChI=1S/C18H15FN2O7/c1-10(16(22)20-14-5-3-13(19)4-6-14)28-18(24)12-7-11(17(23)27-2)8-15(9-12)21(25)26/h3-10H,1-2H3,(H,20,22)/t10-/m1/s1. The highest BCUT2D eigenvalue weighted by atomic mass is 19.1. The minimum absolute atomic E-state index is 0.216. The van der Waals surface area contributed by atoms with Crippen LogP contribution in [0.4, 0.5) is 15.8 Å². The Hall–Kier alpha value is -3.82. The van der Waals surface area contributed by atoms with E-state index in [1.54, 1.807) is 0 Å². The van der Waals surface area contributed by atoms with Gasteiger partial charge in [0, 0.05) is 17.8 Å². The summed E-state index contributed by atoms with van der Waals surface area (Å²) in [5, 5.41) is 13.4. The van der Waals surface area contributed by atoms with Crippen LogP contribution in [0.15, 0.2) is 42.5 Å². The molecule has 0 heterocycles. The van der Waals surface area contributed by atoms with Crippen molar-refractivity contribution in [3.8, 4) is 0 Å². The first-order chi connectivity index (χ1) is 13.2. The van der Waals surface area contributed by atoms with Crippen LogP contribution in [0.5, 0.6) is 0 Å². The van der Waals surface area contributed by atoms with E-state index in [9.17, 15) is 28.9 Å². The van der Waals surface area contributed by atoms with Crippen molar-refractivity contribution in [3.63, 3.8) is 0 Å². The molecule has 28 heavy (non-hydrogen) atoms. The molecular formula is C18H15FN2O7. The maximum Gasteiger partial charge on any atom is 0.339 e. The van der Waals surface area contributed by atoms with Crippen LogP contribution in [0.25, 0.3) is 0 Å². The van der Waals surface area contributed by atoms with Gasteiger partial charge in [0.1, 0.15) is 5.82 Å². The maximum atomic E-state index is 12.9. The number of hydrogen-bond acceptors (Lipinski definition) is 7. The normalized spacial score (nSPS) is 11.2. The molecule has 2 aromatic rings. The number of non-ortho nitro benzene ring substituents is 1. The van der Waals surface area contributed by atoms with Crippen molar-refractivity contribution in [3.05, 3.63) is 69.5 Å². The van der Waals surface area contributed by atoms with Crippen molar-refractivity contribution in [2.45, 2.75) is 13.0 Å². The molecule has 10 heteroatoms. The lowest BCUT2D eigenvalue weighted by atomic mass is 10.1. The predicted molar refractivity (Wildman–Crippen MR) is 94.3 cm³/mol. The molecule has 1 atom stereocenters. The van der Waals surface area contributed by atoms with Crippen molar-refractivity contribution in [2.24, 2.45) is 0 Å². The van der Waals surface area contributed by atoms with Crippen molar-refractivity contribution in [1.29, 1.82) is 0 Å². The molecule has 0 fully saturated rings. The lowest BCUT2D eigenvalue weighted by molar-refractivity contribution is -0.384. The van der Waals surface area contributed by atoms with E-state index in [-0.39, 0.29) is 16.8 Å². The molecule has 0 bridgehead atoms. The smallest absolute Gasteiger partial charge is 0.339 e. The van der Waals surface area contributed by atoms with E-state index < -0.39 is 40.4 Å². The zero-order chi connectivity index (χ0) is 20.8. The summed E-state index contributed by atoms with van der Waals surface area (Å²) in [7, 11) is 1.08. The first-order valence-corrected chi connectivity index (χ1v) is 7.86. The fraction of sp³-hybridized carbons (Fsp3) is 0.167. The van der Waals surface area contributed by atoms with Crippen LogP contribution in [0.1, 0.15) is 27.6 Å². The molecule has 2 rings (SSSR count). The van der Waals surface area contributed by atoms with E-state index in [4.69, 9.17) is 4.74 Å². The summed E-state index contributed by atoms with van der Waals surface area (Å²) in [5.41, 5.74) is -0.737. The topological polar surface area (TPSA) is 125 Å². The molecule has 9 nitrogen and oxygen atoms in total. The number of hydrogen-bond donors (Lipinski definition) is 1. The van der Waals surface area contributed by atoms with Gasteiger partial charge in [0.15, 0.2) is 6.10 Å². The van der Waals surface area contributed by atoms with Crippen LogP contribution in [0.3, 0.4) is 0 Å². The van der Waals surface area contributed by atoms with Crippen molar-refractivity contribution in [1.82, 2.24) is 0 Å². The number of anilines is 1. The summed E-state index contributed by atoms with van der Waals surface area (Å²) in [6.07, 6.45) is -1.27. The quantitative estimate of drug-likeness (QED) is 0.457. The molecule has 1 N–H and O–H groups in total. The second-order valence-corrected chi connectivity index (χ2v) is 5.56. The van der Waals surface area contributed by atoms with Crippen LogP contribution in [0.2, 0.25) is 0 Å². The van der Waals surface area contributed by atoms with Gasteiger partial charge in [-0.25, -0.2) is 14.0 Å². The van der Waals surface area contributed by atoms with Crippen LogP contribution in [-0.4, -0.2) is 36.0 Å². The zero-order valence-electron chi connectivity index (χ0n) is 14.8. The second-order valence-electron chi connectivity index (χ2n) is 5.56. The van der Waals surface area contributed by atoms with Gasteiger partial charge in [0.25, 0.3) is 11.6 Å². The molecule has 146 valence electrons. The molecule has 2 aromatic carbocycles. The minimum atomic E-state index is -1.27. The number of nitrogens with one attached hydrogen (secondary N) is 1. The van der Waals surface area contributed by atoms with Crippen LogP contribution in [0, 0.1) is 15.9 Å². The van der Waals surface area contributed by atoms with Gasteiger partial charge in [-0.15, -0.1) is 0 Å². The number of esters is 2. The fourth-order valence-corrected chi connectivity index (χ4v) is 2.13. The van der Waals surface area contributed by atoms with E-state index >= 15 is 0 Å². The largest absolute Gasteiger partial charge is 0.465 e. The average molecular weight is 390 g/mol. The van der Waals surface area contributed by atoms with Gasteiger partial charge in [0.05, 0.1) is 23.2 Å². The maximum absolute atomic E-state index is 12.9. The van der Waals surface area contributed by atoms with Crippen molar-refractivity contribution >= 4 is 29.2 Å². The third kappa shape index (κ3) is 5.10. The Morgan fingerprint density at radius 2 is 1.64 bits per heavy atom. The molecule has 0 aliphatic rings. The number of nitro groups is 1. The molecule has 0 saturated heterocycles. The summed E-state index contributed by atoms with van der Waals surface area (Å²) in [6.45, 7) is 1.29. The number of benzene rings is 2. The summed E-state index contributed by atoms with van der Waals surface area (Å²) in [6, 6.07) is 7.86. The average Bonchev–Trinajstić information content (AvgIpc) is 2.68. The first-order valence-electron chi connectivity index (χ1n) is 7.86. The van der Waals surface area contributed by atoms with E-state index in [1.807, 2.05) is 0 Å². The lowest BCUT2D eigenvalue weighted by Crippen LogP contribution is -2.30. The SMILES string of the molecule is COC(=O)c1cc(C(=O)O[C@H](C)C(=O)Nc2ccc(F)cc2)cc([N+](=O)[O-])c1. The molecule has 0 saturated carbocycles. The third-order valence-corrected chi connectivity index (χ3v) is 3.55. The highest BCUT2D eigenvalue weighted by Gasteiger charge is 2.23. The van der Waals surface area contributed by atoms with Gasteiger partial charge in [-0.05, 0) is 37.3 Å². The number of amides is 1. The molecule has 0 aromatic heterocycles. The summed E-state index contributed by atoms with van der Waals surface area (Å²) in [4.78, 5) is 46.2. The summed E-state index contributed by atoms with van der Waals surface area (Å²) in [5.74, 6) is -3.10. The van der Waals surface area contributed by atoms with Gasteiger partial charge >= 0.3 is 11.9 Å². The highest BCUT2D eigenvalue weighted by molar-refractivity contribution is 5.99. The van der Waals surface area contributed by atoms with Gasteiger partial charge < -0.3 is 14.8 Å².